The summed E-state index contributed by atoms with van der Waals surface area (Å²) in [7, 11) is -0.705. The average molecular weight is 465 g/mol. The zero-order chi connectivity index (χ0) is 22.8. The van der Waals surface area contributed by atoms with Crippen molar-refractivity contribution in [2.24, 2.45) is 11.8 Å². The molecule has 0 N–H and O–H groups in total. The number of ether oxygens (including phenoxy) is 1. The van der Waals surface area contributed by atoms with Crippen LogP contribution >= 0.6 is 11.6 Å². The molecular weight excluding hydrogens is 436 g/mol. The largest absolute Gasteiger partial charge is 0.495 e. The van der Waals surface area contributed by atoms with Gasteiger partial charge in [0.25, 0.3) is 5.91 Å². The van der Waals surface area contributed by atoms with E-state index >= 15 is 0 Å². The van der Waals surface area contributed by atoms with Gasteiger partial charge in [-0.15, -0.1) is 0 Å². The summed E-state index contributed by atoms with van der Waals surface area (Å²) in [4.78, 5) is 14.6. The average Bonchev–Trinajstić information content (AvgIpc) is 2.73. The molecule has 0 aromatic heterocycles. The molecule has 2 unspecified atom stereocenters. The minimum absolute atomic E-state index is 0.0216. The molecule has 1 aliphatic heterocycles. The molecule has 168 valence electrons. The maximum absolute atomic E-state index is 13.4. The number of nitrogens with zero attached hydrogens (tertiary/aromatic N) is 2. The van der Waals surface area contributed by atoms with E-state index in [1.165, 1.54) is 22.4 Å². The van der Waals surface area contributed by atoms with Crippen LogP contribution in [0.5, 0.6) is 5.75 Å². The Balaban J connectivity index is 1.91. The second-order valence-electron chi connectivity index (χ2n) is 8.39. The lowest BCUT2D eigenvalue weighted by atomic mass is 9.94. The molecule has 1 saturated heterocycles. The number of carbonyl (C=O) groups excluding carboxylic acids is 1. The van der Waals surface area contributed by atoms with E-state index in [1.807, 2.05) is 18.2 Å². The van der Waals surface area contributed by atoms with Gasteiger partial charge in [-0.05, 0) is 48.1 Å². The Morgan fingerprint density at radius 1 is 1.16 bits per heavy atom. The van der Waals surface area contributed by atoms with Gasteiger partial charge in [-0.25, -0.2) is 8.42 Å². The molecule has 0 radical (unpaired) electrons. The fraction of sp³-hybridized carbons (Fsp3) is 0.435. The predicted molar refractivity (Wildman–Crippen MR) is 122 cm³/mol. The number of carbonyl (C=O) groups is 1. The summed E-state index contributed by atoms with van der Waals surface area (Å²) in [6.45, 7) is 5.34. The van der Waals surface area contributed by atoms with Gasteiger partial charge < -0.3 is 9.64 Å². The van der Waals surface area contributed by atoms with E-state index in [-0.39, 0.29) is 34.0 Å². The Morgan fingerprint density at radius 3 is 2.42 bits per heavy atom. The molecular formula is C23H29ClN2O4S. The second kappa shape index (κ2) is 9.59. The van der Waals surface area contributed by atoms with Gasteiger partial charge in [0.2, 0.25) is 10.0 Å². The molecule has 6 nitrogen and oxygen atoms in total. The fourth-order valence-corrected chi connectivity index (χ4v) is 6.18. The normalized spacial score (nSPS) is 19.8. The van der Waals surface area contributed by atoms with Gasteiger partial charge in [0.05, 0.1) is 7.11 Å². The van der Waals surface area contributed by atoms with Gasteiger partial charge >= 0.3 is 0 Å². The monoisotopic (exact) mass is 464 g/mol. The van der Waals surface area contributed by atoms with Crippen LogP contribution in [0.25, 0.3) is 0 Å². The fourth-order valence-electron chi connectivity index (χ4n) is 4.13. The SMILES string of the molecule is COc1ccc(C(=O)N(C)Cc2ccccc2Cl)cc1S(=O)(=O)N1CC(C)CC(C)C1. The van der Waals surface area contributed by atoms with Crippen molar-refractivity contribution >= 4 is 27.5 Å². The number of halogens is 1. The van der Waals surface area contributed by atoms with Crippen molar-refractivity contribution < 1.29 is 17.9 Å². The van der Waals surface area contributed by atoms with Gasteiger partial charge in [-0.3, -0.25) is 4.79 Å². The second-order valence-corrected chi connectivity index (χ2v) is 10.7. The van der Waals surface area contributed by atoms with E-state index in [0.717, 1.165) is 12.0 Å². The zero-order valence-electron chi connectivity index (χ0n) is 18.3. The lowest BCUT2D eigenvalue weighted by Crippen LogP contribution is -2.42. The molecule has 2 atom stereocenters. The summed E-state index contributed by atoms with van der Waals surface area (Å²) >= 11 is 6.21. The van der Waals surface area contributed by atoms with Crippen LogP contribution in [-0.4, -0.2) is 50.8 Å². The third-order valence-corrected chi connectivity index (χ3v) is 7.80. The Hall–Kier alpha value is -2.09. The molecule has 0 aliphatic carbocycles. The highest BCUT2D eigenvalue weighted by molar-refractivity contribution is 7.89. The van der Waals surface area contributed by atoms with Crippen molar-refractivity contribution in [2.45, 2.75) is 31.7 Å². The molecule has 8 heteroatoms. The van der Waals surface area contributed by atoms with Gasteiger partial charge in [0.15, 0.2) is 0 Å². The summed E-state index contributed by atoms with van der Waals surface area (Å²) in [5.41, 5.74) is 1.10. The van der Waals surface area contributed by atoms with E-state index in [2.05, 4.69) is 13.8 Å². The first-order valence-corrected chi connectivity index (χ1v) is 12.1. The molecule has 3 rings (SSSR count). The van der Waals surface area contributed by atoms with Crippen LogP contribution in [0.3, 0.4) is 0 Å². The third kappa shape index (κ3) is 5.22. The molecule has 1 heterocycles. The summed E-state index contributed by atoms with van der Waals surface area (Å²) in [6.07, 6.45) is 0.995. The lowest BCUT2D eigenvalue weighted by Gasteiger charge is -2.34. The van der Waals surface area contributed by atoms with Crippen LogP contribution in [-0.2, 0) is 16.6 Å². The minimum atomic E-state index is -3.80. The molecule has 1 aliphatic rings. The Labute approximate surface area is 189 Å². The number of methoxy groups -OCH3 is 1. The van der Waals surface area contributed by atoms with Crippen molar-refractivity contribution in [3.05, 3.63) is 58.6 Å². The first kappa shape index (κ1) is 23.6. The van der Waals surface area contributed by atoms with Crippen molar-refractivity contribution in [3.8, 4) is 5.75 Å². The molecule has 2 aromatic rings. The van der Waals surface area contributed by atoms with Crippen molar-refractivity contribution in [2.75, 3.05) is 27.2 Å². The van der Waals surface area contributed by atoms with Crippen molar-refractivity contribution in [1.29, 1.82) is 0 Å². The number of rotatable bonds is 6. The van der Waals surface area contributed by atoms with Gasteiger partial charge in [-0.2, -0.15) is 4.31 Å². The first-order valence-electron chi connectivity index (χ1n) is 10.3. The first-order chi connectivity index (χ1) is 14.6. The zero-order valence-corrected chi connectivity index (χ0v) is 19.9. The summed E-state index contributed by atoms with van der Waals surface area (Å²) < 4.78 is 33.7. The van der Waals surface area contributed by atoms with Crippen LogP contribution in [0.4, 0.5) is 0 Å². The third-order valence-electron chi connectivity index (χ3n) is 5.58. The summed E-state index contributed by atoms with van der Waals surface area (Å²) in [6, 6.07) is 11.9. The van der Waals surface area contributed by atoms with Crippen LogP contribution in [0.2, 0.25) is 5.02 Å². The number of benzene rings is 2. The Bertz CT molecular complexity index is 1050. The van der Waals surface area contributed by atoms with Gasteiger partial charge in [0, 0.05) is 37.3 Å². The molecule has 31 heavy (non-hydrogen) atoms. The van der Waals surface area contributed by atoms with Gasteiger partial charge in [-0.1, -0.05) is 43.6 Å². The maximum Gasteiger partial charge on any atom is 0.253 e. The predicted octanol–water partition coefficient (Wildman–Crippen LogP) is 4.29. The number of piperidine rings is 1. The quantitative estimate of drug-likeness (QED) is 0.639. The van der Waals surface area contributed by atoms with Crippen molar-refractivity contribution in [3.63, 3.8) is 0 Å². The minimum Gasteiger partial charge on any atom is -0.495 e. The highest BCUT2D eigenvalue weighted by Gasteiger charge is 2.34. The number of hydrogen-bond acceptors (Lipinski definition) is 4. The molecule has 0 saturated carbocycles. The summed E-state index contributed by atoms with van der Waals surface area (Å²) in [5, 5.41) is 0.577. The van der Waals surface area contributed by atoms with Crippen LogP contribution in [0.1, 0.15) is 36.2 Å². The van der Waals surface area contributed by atoms with E-state index in [9.17, 15) is 13.2 Å². The molecule has 1 amide bonds. The number of sulfonamides is 1. The Morgan fingerprint density at radius 2 is 1.81 bits per heavy atom. The van der Waals surface area contributed by atoms with E-state index in [4.69, 9.17) is 16.3 Å². The van der Waals surface area contributed by atoms with Crippen molar-refractivity contribution in [1.82, 2.24) is 9.21 Å². The number of hydrogen-bond donors (Lipinski definition) is 0. The highest BCUT2D eigenvalue weighted by Crippen LogP contribution is 2.32. The molecule has 0 spiro atoms. The molecule has 2 aromatic carbocycles. The topological polar surface area (TPSA) is 66.9 Å². The smallest absolute Gasteiger partial charge is 0.253 e. The standard InChI is InChI=1S/C23H29ClN2O4S/c1-16-11-17(2)14-26(13-16)31(28,29)22-12-18(9-10-21(22)30-4)23(27)25(3)15-19-7-5-6-8-20(19)24/h5-10,12,16-17H,11,13-15H2,1-4H3. The summed E-state index contributed by atoms with van der Waals surface area (Å²) in [5.74, 6) is 0.489. The number of amides is 1. The highest BCUT2D eigenvalue weighted by atomic mass is 35.5. The lowest BCUT2D eigenvalue weighted by molar-refractivity contribution is 0.0785. The maximum atomic E-state index is 13.4. The van der Waals surface area contributed by atoms with Gasteiger partial charge in [0.1, 0.15) is 10.6 Å². The van der Waals surface area contributed by atoms with E-state index in [0.29, 0.717) is 24.7 Å². The molecule has 1 fully saturated rings. The van der Waals surface area contributed by atoms with E-state index < -0.39 is 10.0 Å². The van der Waals surface area contributed by atoms with Crippen LogP contribution in [0, 0.1) is 11.8 Å². The van der Waals surface area contributed by atoms with Crippen LogP contribution < -0.4 is 4.74 Å². The van der Waals surface area contributed by atoms with Crippen LogP contribution in [0.15, 0.2) is 47.4 Å². The molecule has 0 bridgehead atoms. The van der Waals surface area contributed by atoms with E-state index in [1.54, 1.807) is 25.2 Å². The Kier molecular flexibility index (Phi) is 7.29.